The molecule has 1 atom stereocenters. The Bertz CT molecular complexity index is 959. The molecule has 0 aliphatic rings. The van der Waals surface area contributed by atoms with Crippen LogP contribution in [0.3, 0.4) is 0 Å². The van der Waals surface area contributed by atoms with E-state index in [2.05, 4.69) is 20.0 Å². The van der Waals surface area contributed by atoms with E-state index in [9.17, 15) is 13.6 Å². The van der Waals surface area contributed by atoms with Crippen molar-refractivity contribution in [3.8, 4) is 11.4 Å². The summed E-state index contributed by atoms with van der Waals surface area (Å²) in [6.45, 7) is 0. The lowest BCUT2D eigenvalue weighted by molar-refractivity contribution is -0.108. The molecule has 10 heteroatoms. The van der Waals surface area contributed by atoms with Gasteiger partial charge in [-0.15, -0.1) is 0 Å². The zero-order valence-corrected chi connectivity index (χ0v) is 15.6. The minimum absolute atomic E-state index is 0.0479. The second kappa shape index (κ2) is 7.80. The normalized spacial score (nSPS) is 12.6. The van der Waals surface area contributed by atoms with E-state index >= 15 is 0 Å². The smallest absolute Gasteiger partial charge is 0.371 e. The number of hydrogen-bond acceptors (Lipinski definition) is 5. The van der Waals surface area contributed by atoms with Crippen molar-refractivity contribution in [2.75, 3.05) is 5.32 Å². The molecule has 0 amide bonds. The minimum atomic E-state index is -3.74. The van der Waals surface area contributed by atoms with Crippen molar-refractivity contribution in [3.05, 3.63) is 64.0 Å². The highest BCUT2D eigenvalue weighted by atomic mass is 35.5. The quantitative estimate of drug-likeness (QED) is 0.401. The zero-order valence-electron chi connectivity index (χ0n) is 13.3. The number of rotatable bonds is 6. The van der Waals surface area contributed by atoms with E-state index in [0.717, 1.165) is 0 Å². The molecule has 1 heterocycles. The summed E-state index contributed by atoms with van der Waals surface area (Å²) in [5, 5.41) is 3.57. The standard InChI is InChI=1S/C17H10Cl3F2N3O2/c18-11-5-6-13(12(19)7-11)23-14(8-26)9-1-3-10(4-2-9)15-24-16(27-25-15)17(20,21)22/h1-8,14,23H. The first-order chi connectivity index (χ1) is 12.8. The van der Waals surface area contributed by atoms with Crippen LogP contribution in [-0.4, -0.2) is 16.4 Å². The number of carbonyl (C=O) groups is 1. The van der Waals surface area contributed by atoms with Crippen LogP contribution >= 0.6 is 34.8 Å². The van der Waals surface area contributed by atoms with E-state index in [1.165, 1.54) is 0 Å². The van der Waals surface area contributed by atoms with Gasteiger partial charge in [-0.2, -0.15) is 13.8 Å². The third-order valence-electron chi connectivity index (χ3n) is 3.57. The molecule has 0 radical (unpaired) electrons. The molecule has 0 saturated heterocycles. The summed E-state index contributed by atoms with van der Waals surface area (Å²) in [4.78, 5) is 15.0. The first-order valence-corrected chi connectivity index (χ1v) is 8.59. The van der Waals surface area contributed by atoms with Gasteiger partial charge in [0.05, 0.1) is 10.7 Å². The van der Waals surface area contributed by atoms with Crippen LogP contribution in [0.4, 0.5) is 14.5 Å². The Balaban J connectivity index is 1.80. The molecule has 0 aliphatic heterocycles. The maximum absolute atomic E-state index is 13.0. The Morgan fingerprint density at radius 2 is 1.85 bits per heavy atom. The number of anilines is 1. The van der Waals surface area contributed by atoms with Crippen molar-refractivity contribution < 1.29 is 18.1 Å². The Morgan fingerprint density at radius 3 is 2.41 bits per heavy atom. The molecule has 3 rings (SSSR count). The van der Waals surface area contributed by atoms with E-state index < -0.39 is 17.3 Å². The van der Waals surface area contributed by atoms with Crippen molar-refractivity contribution in [3.63, 3.8) is 0 Å². The Hall–Kier alpha value is -2.22. The molecule has 1 N–H and O–H groups in total. The van der Waals surface area contributed by atoms with Crippen molar-refractivity contribution in [2.24, 2.45) is 0 Å². The number of halogens is 5. The molecule has 0 spiro atoms. The molecular formula is C17H10Cl3F2N3O2. The molecule has 0 saturated carbocycles. The first kappa shape index (κ1) is 19.5. The van der Waals surface area contributed by atoms with Gasteiger partial charge in [-0.25, -0.2) is 0 Å². The van der Waals surface area contributed by atoms with Gasteiger partial charge in [-0.05, 0) is 35.4 Å². The molecule has 0 bridgehead atoms. The van der Waals surface area contributed by atoms with E-state index in [1.54, 1.807) is 42.5 Å². The van der Waals surface area contributed by atoms with Crippen LogP contribution in [0.15, 0.2) is 47.0 Å². The molecule has 2 aromatic carbocycles. The summed E-state index contributed by atoms with van der Waals surface area (Å²) >= 11 is 16.8. The van der Waals surface area contributed by atoms with Gasteiger partial charge in [-0.3, -0.25) is 0 Å². The Labute approximate surface area is 167 Å². The van der Waals surface area contributed by atoms with Gasteiger partial charge in [0.25, 0.3) is 0 Å². The van der Waals surface area contributed by atoms with Crippen LogP contribution in [0.5, 0.6) is 0 Å². The molecule has 5 nitrogen and oxygen atoms in total. The highest BCUT2D eigenvalue weighted by Crippen LogP contribution is 2.32. The fraction of sp³-hybridized carbons (Fsp3) is 0.118. The van der Waals surface area contributed by atoms with Gasteiger partial charge in [-0.1, -0.05) is 52.6 Å². The zero-order chi connectivity index (χ0) is 19.6. The first-order valence-electron chi connectivity index (χ1n) is 7.46. The average Bonchev–Trinajstić information content (AvgIpc) is 3.12. The summed E-state index contributed by atoms with van der Waals surface area (Å²) in [6, 6.07) is 10.5. The number of alkyl halides is 3. The predicted octanol–water partition coefficient (Wildman–Crippen LogP) is 5.68. The molecule has 1 unspecified atom stereocenters. The molecule has 3 aromatic rings. The van der Waals surface area contributed by atoms with E-state index in [4.69, 9.17) is 34.8 Å². The summed E-state index contributed by atoms with van der Waals surface area (Å²) in [7, 11) is 0. The van der Waals surface area contributed by atoms with Crippen molar-refractivity contribution >= 4 is 46.8 Å². The Morgan fingerprint density at radius 1 is 1.15 bits per heavy atom. The molecule has 27 heavy (non-hydrogen) atoms. The summed E-state index contributed by atoms with van der Waals surface area (Å²) < 4.78 is 30.4. The number of benzene rings is 2. The largest absolute Gasteiger partial charge is 0.400 e. The third-order valence-corrected chi connectivity index (χ3v) is 4.28. The SMILES string of the molecule is O=CC(Nc1ccc(Cl)cc1Cl)c1ccc(-c2noc(C(F)(F)Cl)n2)cc1. The van der Waals surface area contributed by atoms with E-state index in [1.807, 2.05) is 0 Å². The second-order valence-corrected chi connectivity index (χ2v) is 6.74. The van der Waals surface area contributed by atoms with Crippen molar-refractivity contribution in [2.45, 2.75) is 11.4 Å². The molecular weight excluding hydrogens is 423 g/mol. The third kappa shape index (κ3) is 4.55. The van der Waals surface area contributed by atoms with E-state index in [-0.39, 0.29) is 5.82 Å². The second-order valence-electron chi connectivity index (χ2n) is 5.43. The number of nitrogens with zero attached hydrogens (tertiary/aromatic N) is 2. The predicted molar refractivity (Wildman–Crippen MR) is 98.4 cm³/mol. The number of hydrogen-bond donors (Lipinski definition) is 1. The van der Waals surface area contributed by atoms with Gasteiger partial charge in [0.2, 0.25) is 5.82 Å². The fourth-order valence-electron chi connectivity index (χ4n) is 2.27. The number of aromatic nitrogens is 2. The van der Waals surface area contributed by atoms with Crippen LogP contribution in [0.2, 0.25) is 10.0 Å². The lowest BCUT2D eigenvalue weighted by Crippen LogP contribution is -2.12. The summed E-state index contributed by atoms with van der Waals surface area (Å²) in [6.07, 6.45) is 0.709. The maximum atomic E-state index is 13.0. The molecule has 0 aliphatic carbocycles. The lowest BCUT2D eigenvalue weighted by Gasteiger charge is -2.16. The van der Waals surface area contributed by atoms with Crippen LogP contribution in [-0.2, 0) is 10.2 Å². The van der Waals surface area contributed by atoms with Gasteiger partial charge >= 0.3 is 11.3 Å². The van der Waals surface area contributed by atoms with Gasteiger partial charge in [0, 0.05) is 10.6 Å². The Kier molecular flexibility index (Phi) is 5.64. The fourth-order valence-corrected chi connectivity index (χ4v) is 2.81. The van der Waals surface area contributed by atoms with Crippen LogP contribution in [0, 0.1) is 0 Å². The molecule has 140 valence electrons. The number of nitrogens with one attached hydrogen (secondary N) is 1. The topological polar surface area (TPSA) is 68.0 Å². The number of aldehydes is 1. The summed E-state index contributed by atoms with van der Waals surface area (Å²) in [5.74, 6) is -1.04. The summed E-state index contributed by atoms with van der Waals surface area (Å²) in [5.41, 5.74) is 1.57. The highest BCUT2D eigenvalue weighted by molar-refractivity contribution is 6.36. The van der Waals surface area contributed by atoms with Crippen LogP contribution < -0.4 is 5.32 Å². The highest BCUT2D eigenvalue weighted by Gasteiger charge is 2.35. The van der Waals surface area contributed by atoms with Gasteiger partial charge in [0.15, 0.2) is 0 Å². The van der Waals surface area contributed by atoms with Crippen LogP contribution in [0.25, 0.3) is 11.4 Å². The van der Waals surface area contributed by atoms with Crippen molar-refractivity contribution in [1.82, 2.24) is 10.1 Å². The molecule has 0 fully saturated rings. The minimum Gasteiger partial charge on any atom is -0.371 e. The molecule has 1 aromatic heterocycles. The average molecular weight is 433 g/mol. The lowest BCUT2D eigenvalue weighted by atomic mass is 10.1. The van der Waals surface area contributed by atoms with Crippen molar-refractivity contribution in [1.29, 1.82) is 0 Å². The van der Waals surface area contributed by atoms with Crippen LogP contribution in [0.1, 0.15) is 17.5 Å². The maximum Gasteiger partial charge on any atom is 0.400 e. The van der Waals surface area contributed by atoms with Gasteiger partial charge in [0.1, 0.15) is 12.3 Å². The monoisotopic (exact) mass is 431 g/mol. The van der Waals surface area contributed by atoms with Gasteiger partial charge < -0.3 is 14.6 Å². The van der Waals surface area contributed by atoms with E-state index in [0.29, 0.717) is 33.1 Å². The number of carbonyl (C=O) groups excluding carboxylic acids is 1.